The molecule has 0 aliphatic carbocycles. The van der Waals surface area contributed by atoms with Gasteiger partial charge in [-0.25, -0.2) is 4.39 Å². The molecule has 0 saturated heterocycles. The Labute approximate surface area is 158 Å². The molecule has 0 atom stereocenters. The Kier molecular flexibility index (Phi) is 5.21. The number of nitrogens with zero attached hydrogens (tertiary/aromatic N) is 3. The van der Waals surface area contributed by atoms with Crippen LogP contribution in [0.5, 0.6) is 0 Å². The number of aromatic nitrogens is 3. The molecule has 3 aromatic rings. The van der Waals surface area contributed by atoms with Gasteiger partial charge in [0.15, 0.2) is 0 Å². The van der Waals surface area contributed by atoms with Gasteiger partial charge in [0, 0.05) is 17.8 Å². The fourth-order valence-electron chi connectivity index (χ4n) is 2.53. The van der Waals surface area contributed by atoms with Crippen LogP contribution in [0.1, 0.15) is 31.9 Å². The molecule has 2 aromatic carbocycles. The minimum Gasteiger partial charge on any atom is -0.368 e. The SMILES string of the molecule is CC(C)(C)c1ccc(Nc2nc(N)nc(NCc3ccccc3F)n2)cc1. The maximum absolute atomic E-state index is 13.7. The predicted molar refractivity (Wildman–Crippen MR) is 106 cm³/mol. The second-order valence-corrected chi connectivity index (χ2v) is 7.24. The van der Waals surface area contributed by atoms with Crippen molar-refractivity contribution < 1.29 is 4.39 Å². The first kappa shape index (κ1) is 18.6. The minimum absolute atomic E-state index is 0.0786. The Bertz CT molecular complexity index is 919. The van der Waals surface area contributed by atoms with Crippen LogP contribution < -0.4 is 16.4 Å². The highest BCUT2D eigenvalue weighted by atomic mass is 19.1. The van der Waals surface area contributed by atoms with Crippen LogP contribution in [0, 0.1) is 5.82 Å². The molecule has 0 aliphatic rings. The average molecular weight is 366 g/mol. The van der Waals surface area contributed by atoms with Crippen molar-refractivity contribution in [3.8, 4) is 0 Å². The van der Waals surface area contributed by atoms with E-state index in [0.29, 0.717) is 11.5 Å². The van der Waals surface area contributed by atoms with Crippen LogP contribution in [0.2, 0.25) is 0 Å². The van der Waals surface area contributed by atoms with Crippen LogP contribution in [-0.4, -0.2) is 15.0 Å². The van der Waals surface area contributed by atoms with E-state index in [-0.39, 0.29) is 29.7 Å². The van der Waals surface area contributed by atoms with Gasteiger partial charge in [0.25, 0.3) is 0 Å². The predicted octanol–water partition coefficient (Wildman–Crippen LogP) is 4.25. The van der Waals surface area contributed by atoms with Crippen molar-refractivity contribution in [1.29, 1.82) is 0 Å². The third kappa shape index (κ3) is 4.91. The molecule has 140 valence electrons. The van der Waals surface area contributed by atoms with Crippen molar-refractivity contribution >= 4 is 23.5 Å². The summed E-state index contributed by atoms with van der Waals surface area (Å²) < 4.78 is 13.7. The van der Waals surface area contributed by atoms with Crippen LogP contribution in [0.25, 0.3) is 0 Å². The zero-order valence-corrected chi connectivity index (χ0v) is 15.6. The van der Waals surface area contributed by atoms with Gasteiger partial charge in [0.05, 0.1) is 0 Å². The van der Waals surface area contributed by atoms with Gasteiger partial charge in [-0.2, -0.15) is 15.0 Å². The maximum atomic E-state index is 13.7. The lowest BCUT2D eigenvalue weighted by Crippen LogP contribution is -2.11. The molecule has 0 radical (unpaired) electrons. The summed E-state index contributed by atoms with van der Waals surface area (Å²) in [5.74, 6) is 0.390. The number of nitrogen functional groups attached to an aromatic ring is 1. The first-order valence-corrected chi connectivity index (χ1v) is 8.68. The molecule has 3 rings (SSSR count). The lowest BCUT2D eigenvalue weighted by atomic mass is 9.87. The summed E-state index contributed by atoms with van der Waals surface area (Å²) in [6.45, 7) is 6.73. The van der Waals surface area contributed by atoms with Gasteiger partial charge >= 0.3 is 0 Å². The van der Waals surface area contributed by atoms with Crippen molar-refractivity contribution in [1.82, 2.24) is 15.0 Å². The van der Waals surface area contributed by atoms with Gasteiger partial charge in [-0.15, -0.1) is 0 Å². The van der Waals surface area contributed by atoms with Crippen molar-refractivity contribution in [3.63, 3.8) is 0 Å². The number of benzene rings is 2. The molecule has 0 amide bonds. The van der Waals surface area contributed by atoms with E-state index in [1.807, 2.05) is 12.1 Å². The molecule has 0 aliphatic heterocycles. The van der Waals surface area contributed by atoms with Gasteiger partial charge in [0.1, 0.15) is 5.82 Å². The number of nitrogens with one attached hydrogen (secondary N) is 2. The molecule has 1 aromatic heterocycles. The van der Waals surface area contributed by atoms with Gasteiger partial charge in [0.2, 0.25) is 17.8 Å². The van der Waals surface area contributed by atoms with E-state index in [1.54, 1.807) is 18.2 Å². The highest BCUT2D eigenvalue weighted by Crippen LogP contribution is 2.24. The Morgan fingerprint density at radius 2 is 1.59 bits per heavy atom. The Balaban J connectivity index is 1.72. The number of anilines is 4. The quantitative estimate of drug-likeness (QED) is 0.626. The van der Waals surface area contributed by atoms with Crippen molar-refractivity contribution in [2.45, 2.75) is 32.7 Å². The normalized spacial score (nSPS) is 11.3. The zero-order chi connectivity index (χ0) is 19.4. The zero-order valence-electron chi connectivity index (χ0n) is 15.6. The summed E-state index contributed by atoms with van der Waals surface area (Å²) in [7, 11) is 0. The molecule has 0 fully saturated rings. The second kappa shape index (κ2) is 7.57. The van der Waals surface area contributed by atoms with Crippen LogP contribution >= 0.6 is 0 Å². The van der Waals surface area contributed by atoms with E-state index in [1.165, 1.54) is 11.6 Å². The summed E-state index contributed by atoms with van der Waals surface area (Å²) in [5, 5.41) is 6.09. The third-order valence-corrected chi connectivity index (χ3v) is 4.05. The molecule has 0 bridgehead atoms. The van der Waals surface area contributed by atoms with Crippen molar-refractivity contribution in [2.24, 2.45) is 0 Å². The highest BCUT2D eigenvalue weighted by molar-refractivity contribution is 5.56. The number of hydrogen-bond donors (Lipinski definition) is 3. The van der Waals surface area contributed by atoms with Crippen LogP contribution in [0.15, 0.2) is 48.5 Å². The van der Waals surface area contributed by atoms with Gasteiger partial charge < -0.3 is 16.4 Å². The Hall–Kier alpha value is -3.22. The molecule has 0 saturated carbocycles. The molecule has 1 heterocycles. The molecular weight excluding hydrogens is 343 g/mol. The molecule has 6 nitrogen and oxygen atoms in total. The monoisotopic (exact) mass is 366 g/mol. The average Bonchev–Trinajstić information content (AvgIpc) is 2.60. The fourth-order valence-corrected chi connectivity index (χ4v) is 2.53. The summed E-state index contributed by atoms with van der Waals surface area (Å²) in [6.07, 6.45) is 0. The van der Waals surface area contributed by atoms with E-state index in [2.05, 4.69) is 58.5 Å². The Morgan fingerprint density at radius 1 is 0.926 bits per heavy atom. The van der Waals surface area contributed by atoms with E-state index >= 15 is 0 Å². The van der Waals surface area contributed by atoms with Crippen LogP contribution in [-0.2, 0) is 12.0 Å². The molecule has 27 heavy (non-hydrogen) atoms. The fraction of sp³-hybridized carbons (Fsp3) is 0.250. The van der Waals surface area contributed by atoms with Crippen LogP contribution in [0.3, 0.4) is 0 Å². The smallest absolute Gasteiger partial charge is 0.233 e. The van der Waals surface area contributed by atoms with E-state index in [0.717, 1.165) is 5.69 Å². The van der Waals surface area contributed by atoms with Crippen LogP contribution in [0.4, 0.5) is 27.9 Å². The number of hydrogen-bond acceptors (Lipinski definition) is 6. The second-order valence-electron chi connectivity index (χ2n) is 7.24. The van der Waals surface area contributed by atoms with E-state index in [4.69, 9.17) is 5.73 Å². The lowest BCUT2D eigenvalue weighted by molar-refractivity contribution is 0.590. The van der Waals surface area contributed by atoms with E-state index in [9.17, 15) is 4.39 Å². The summed E-state index contributed by atoms with van der Waals surface area (Å²) in [5.41, 5.74) is 8.45. The lowest BCUT2D eigenvalue weighted by Gasteiger charge is -2.19. The maximum Gasteiger partial charge on any atom is 0.233 e. The number of rotatable bonds is 5. The highest BCUT2D eigenvalue weighted by Gasteiger charge is 2.13. The molecule has 7 heteroatoms. The molecule has 0 spiro atoms. The minimum atomic E-state index is -0.288. The largest absolute Gasteiger partial charge is 0.368 e. The summed E-state index contributed by atoms with van der Waals surface area (Å²) in [4.78, 5) is 12.4. The standard InChI is InChI=1S/C20H23FN6/c1-20(2,3)14-8-10-15(11-9-14)24-19-26-17(22)25-18(27-19)23-12-13-6-4-5-7-16(13)21/h4-11H,12H2,1-3H3,(H4,22,23,24,25,26,27). The topological polar surface area (TPSA) is 88.8 Å². The molecule has 0 unspecified atom stereocenters. The molecular formula is C20H23FN6. The van der Waals surface area contributed by atoms with E-state index < -0.39 is 0 Å². The molecule has 4 N–H and O–H groups in total. The Morgan fingerprint density at radius 3 is 2.26 bits per heavy atom. The van der Waals surface area contributed by atoms with Gasteiger partial charge in [-0.05, 0) is 29.2 Å². The third-order valence-electron chi connectivity index (χ3n) is 4.05. The van der Waals surface area contributed by atoms with Gasteiger partial charge in [-0.1, -0.05) is 51.1 Å². The number of halogens is 1. The first-order valence-electron chi connectivity index (χ1n) is 8.68. The number of nitrogens with two attached hydrogens (primary N) is 1. The summed E-state index contributed by atoms with van der Waals surface area (Å²) in [6, 6.07) is 14.6. The van der Waals surface area contributed by atoms with Gasteiger partial charge in [-0.3, -0.25) is 0 Å². The summed E-state index contributed by atoms with van der Waals surface area (Å²) >= 11 is 0. The van der Waals surface area contributed by atoms with Crippen molar-refractivity contribution in [3.05, 3.63) is 65.5 Å². The van der Waals surface area contributed by atoms with Crippen molar-refractivity contribution in [2.75, 3.05) is 16.4 Å². The first-order chi connectivity index (χ1) is 12.8.